The number of thioether (sulfide) groups is 2. The minimum absolute atomic E-state index is 0.178. The van der Waals surface area contributed by atoms with Crippen molar-refractivity contribution in [2.75, 3.05) is 16.8 Å². The summed E-state index contributed by atoms with van der Waals surface area (Å²) in [4.78, 5) is 13.4. The van der Waals surface area contributed by atoms with Crippen molar-refractivity contribution in [3.8, 4) is 5.75 Å². The van der Waals surface area contributed by atoms with Gasteiger partial charge in [-0.3, -0.25) is 4.79 Å². The second kappa shape index (κ2) is 3.75. The summed E-state index contributed by atoms with van der Waals surface area (Å²) in [6, 6.07) is 5.17. The number of hydrogen-bond donors (Lipinski definition) is 2. The van der Waals surface area contributed by atoms with E-state index in [0.717, 1.165) is 26.9 Å². The Balaban J connectivity index is 2.04. The van der Waals surface area contributed by atoms with E-state index < -0.39 is 0 Å². The van der Waals surface area contributed by atoms with Crippen molar-refractivity contribution in [3.63, 3.8) is 0 Å². The maximum absolute atomic E-state index is 11.7. The molecule has 3 nitrogen and oxygen atoms in total. The number of Topliss-reactive ketones (excluding diaryl/α,β-unsaturated/α-hetero) is 1. The Bertz CT molecular complexity index is 511. The molecule has 0 amide bonds. The molecule has 5 heteroatoms. The zero-order valence-electron chi connectivity index (χ0n) is 8.32. The molecule has 2 aliphatic rings. The van der Waals surface area contributed by atoms with Crippen LogP contribution in [0.3, 0.4) is 0 Å². The summed E-state index contributed by atoms with van der Waals surface area (Å²) >= 11 is 3.09. The van der Waals surface area contributed by atoms with Gasteiger partial charge in [0.15, 0.2) is 5.78 Å². The Morgan fingerprint density at radius 1 is 1.31 bits per heavy atom. The molecule has 1 aromatic carbocycles. The highest BCUT2D eigenvalue weighted by Gasteiger charge is 2.26. The normalized spacial score (nSPS) is 18.9. The van der Waals surface area contributed by atoms with Gasteiger partial charge in [-0.1, -0.05) is 11.8 Å². The van der Waals surface area contributed by atoms with Crippen molar-refractivity contribution in [2.24, 2.45) is 0 Å². The van der Waals surface area contributed by atoms with Gasteiger partial charge in [0.25, 0.3) is 0 Å². The van der Waals surface area contributed by atoms with Crippen LogP contribution < -0.4 is 5.32 Å². The maximum atomic E-state index is 11.7. The van der Waals surface area contributed by atoms with Crippen LogP contribution in [0.15, 0.2) is 33.7 Å². The Morgan fingerprint density at radius 3 is 3.06 bits per heavy atom. The van der Waals surface area contributed by atoms with Gasteiger partial charge in [-0.25, -0.2) is 0 Å². The number of aromatic hydroxyl groups is 1. The van der Waals surface area contributed by atoms with Crippen LogP contribution in [0.1, 0.15) is 0 Å². The summed E-state index contributed by atoms with van der Waals surface area (Å²) in [7, 11) is 0. The highest BCUT2D eigenvalue weighted by molar-refractivity contribution is 8.05. The van der Waals surface area contributed by atoms with E-state index in [1.165, 1.54) is 11.8 Å². The summed E-state index contributed by atoms with van der Waals surface area (Å²) in [5.74, 6) is 1.82. The van der Waals surface area contributed by atoms with Crippen molar-refractivity contribution in [3.05, 3.63) is 28.8 Å². The SMILES string of the molecule is O=C1CSCC2=C1Sc1cc(O)ccc1N2. The van der Waals surface area contributed by atoms with Crippen LogP contribution in [0.2, 0.25) is 0 Å². The third-order valence-corrected chi connectivity index (χ3v) is 4.66. The molecular formula is C11H9NO2S2. The van der Waals surface area contributed by atoms with E-state index in [4.69, 9.17) is 0 Å². The number of ketones is 1. The Morgan fingerprint density at radius 2 is 2.19 bits per heavy atom. The summed E-state index contributed by atoms with van der Waals surface area (Å²) in [5, 5.41) is 12.7. The largest absolute Gasteiger partial charge is 0.508 e. The average molecular weight is 251 g/mol. The van der Waals surface area contributed by atoms with E-state index in [0.29, 0.717) is 5.75 Å². The van der Waals surface area contributed by atoms with Crippen molar-refractivity contribution < 1.29 is 9.90 Å². The van der Waals surface area contributed by atoms with Crippen molar-refractivity contribution in [2.45, 2.75) is 4.90 Å². The second-order valence-corrected chi connectivity index (χ2v) is 5.67. The number of carbonyl (C=O) groups is 1. The van der Waals surface area contributed by atoms with Gasteiger partial charge in [0.05, 0.1) is 16.3 Å². The van der Waals surface area contributed by atoms with Gasteiger partial charge in [0.2, 0.25) is 0 Å². The zero-order chi connectivity index (χ0) is 11.1. The number of allylic oxidation sites excluding steroid dienone is 1. The number of fused-ring (bicyclic) bond motifs is 1. The third-order valence-electron chi connectivity index (χ3n) is 2.47. The molecule has 0 bridgehead atoms. The smallest absolute Gasteiger partial charge is 0.181 e. The molecule has 16 heavy (non-hydrogen) atoms. The Hall–Kier alpha value is -1.07. The molecule has 1 aromatic rings. The topological polar surface area (TPSA) is 49.3 Å². The molecule has 0 fully saturated rings. The van der Waals surface area contributed by atoms with E-state index in [-0.39, 0.29) is 11.5 Å². The van der Waals surface area contributed by atoms with Gasteiger partial charge in [-0.15, -0.1) is 11.8 Å². The molecule has 0 saturated carbocycles. The number of nitrogens with one attached hydrogen (secondary N) is 1. The van der Waals surface area contributed by atoms with Gasteiger partial charge in [-0.05, 0) is 18.2 Å². The van der Waals surface area contributed by atoms with E-state index in [1.807, 2.05) is 6.07 Å². The van der Waals surface area contributed by atoms with Crippen LogP contribution in [-0.4, -0.2) is 22.4 Å². The van der Waals surface area contributed by atoms with Crippen molar-refractivity contribution in [1.29, 1.82) is 0 Å². The molecular weight excluding hydrogens is 242 g/mol. The monoisotopic (exact) mass is 251 g/mol. The molecule has 0 aromatic heterocycles. The highest BCUT2D eigenvalue weighted by Crippen LogP contribution is 2.43. The standard InChI is InChI=1S/C11H9NO2S2/c13-6-1-2-7-10(3-6)16-11-8(12-7)4-15-5-9(11)14/h1-3,12-13H,4-5H2. The molecule has 82 valence electrons. The first-order valence-corrected chi connectivity index (χ1v) is 6.83. The van der Waals surface area contributed by atoms with E-state index in [9.17, 15) is 9.90 Å². The summed E-state index contributed by atoms with van der Waals surface area (Å²) < 4.78 is 0. The predicted molar refractivity (Wildman–Crippen MR) is 66.9 cm³/mol. The minimum Gasteiger partial charge on any atom is -0.508 e. The number of benzene rings is 1. The predicted octanol–water partition coefficient (Wildman–Crippen LogP) is 2.44. The van der Waals surface area contributed by atoms with Crippen LogP contribution in [0, 0.1) is 0 Å². The van der Waals surface area contributed by atoms with E-state index >= 15 is 0 Å². The summed E-state index contributed by atoms with van der Waals surface area (Å²) in [5.41, 5.74) is 1.97. The maximum Gasteiger partial charge on any atom is 0.181 e. The highest BCUT2D eigenvalue weighted by atomic mass is 32.2. The number of anilines is 1. The Kier molecular flexibility index (Phi) is 2.37. The van der Waals surface area contributed by atoms with Crippen LogP contribution in [0.25, 0.3) is 0 Å². The van der Waals surface area contributed by atoms with E-state index in [1.54, 1.807) is 23.9 Å². The molecule has 2 aliphatic heterocycles. The molecule has 0 spiro atoms. The average Bonchev–Trinajstić information content (AvgIpc) is 2.28. The lowest BCUT2D eigenvalue weighted by Gasteiger charge is -2.26. The molecule has 0 radical (unpaired) electrons. The number of phenolic OH excluding ortho intramolecular Hbond substituents is 1. The first-order chi connectivity index (χ1) is 7.74. The Labute approximate surface area is 101 Å². The second-order valence-electron chi connectivity index (χ2n) is 3.63. The van der Waals surface area contributed by atoms with Gasteiger partial charge >= 0.3 is 0 Å². The molecule has 3 rings (SSSR count). The van der Waals surface area contributed by atoms with Gasteiger partial charge in [0.1, 0.15) is 5.75 Å². The number of hydrogen-bond acceptors (Lipinski definition) is 5. The molecule has 0 aliphatic carbocycles. The molecule has 0 atom stereocenters. The fourth-order valence-electron chi connectivity index (χ4n) is 1.73. The lowest BCUT2D eigenvalue weighted by atomic mass is 10.2. The summed E-state index contributed by atoms with van der Waals surface area (Å²) in [6.07, 6.45) is 0. The van der Waals surface area contributed by atoms with Crippen LogP contribution in [0.5, 0.6) is 5.75 Å². The fraction of sp³-hybridized carbons (Fsp3) is 0.182. The van der Waals surface area contributed by atoms with Gasteiger partial charge in [0, 0.05) is 16.3 Å². The molecule has 2 N–H and O–H groups in total. The van der Waals surface area contributed by atoms with Crippen LogP contribution >= 0.6 is 23.5 Å². The first-order valence-electron chi connectivity index (χ1n) is 4.86. The van der Waals surface area contributed by atoms with Crippen LogP contribution in [0.4, 0.5) is 5.69 Å². The van der Waals surface area contributed by atoms with Gasteiger partial charge < -0.3 is 10.4 Å². The molecule has 0 unspecified atom stereocenters. The van der Waals surface area contributed by atoms with Crippen molar-refractivity contribution >= 4 is 35.0 Å². The number of rotatable bonds is 0. The van der Waals surface area contributed by atoms with Crippen molar-refractivity contribution in [1.82, 2.24) is 0 Å². The number of carbonyl (C=O) groups excluding carboxylic acids is 1. The quantitative estimate of drug-likeness (QED) is 0.694. The summed E-state index contributed by atoms with van der Waals surface area (Å²) in [6.45, 7) is 0. The third kappa shape index (κ3) is 1.60. The zero-order valence-corrected chi connectivity index (χ0v) is 9.95. The van der Waals surface area contributed by atoms with Crippen LogP contribution in [-0.2, 0) is 4.79 Å². The van der Waals surface area contributed by atoms with Gasteiger partial charge in [-0.2, -0.15) is 0 Å². The number of phenols is 1. The first kappa shape index (κ1) is 10.1. The molecule has 2 heterocycles. The molecule has 0 saturated heterocycles. The van der Waals surface area contributed by atoms with E-state index in [2.05, 4.69) is 5.32 Å². The fourth-order valence-corrected chi connectivity index (χ4v) is 3.82. The lowest BCUT2D eigenvalue weighted by Crippen LogP contribution is -2.21. The minimum atomic E-state index is 0.178. The lowest BCUT2D eigenvalue weighted by molar-refractivity contribution is -0.112.